The van der Waals surface area contributed by atoms with E-state index < -0.39 is 35.0 Å². The zero-order valence-corrected chi connectivity index (χ0v) is 64.2. The van der Waals surface area contributed by atoms with Crippen LogP contribution >= 0.6 is 7.60 Å². The van der Waals surface area contributed by atoms with E-state index in [-0.39, 0.29) is 75.5 Å². The van der Waals surface area contributed by atoms with Gasteiger partial charge in [-0.25, -0.2) is 18.0 Å². The molecule has 10 aromatic rings. The number of sulfonamides is 1. The maximum Gasteiger partial charge on any atom is 0.335 e. The van der Waals surface area contributed by atoms with Crippen LogP contribution in [0.5, 0.6) is 0 Å². The topological polar surface area (TPSA) is 360 Å². The van der Waals surface area contributed by atoms with Gasteiger partial charge in [0.25, 0.3) is 27.7 Å². The molecule has 5 amide bonds. The molecule has 0 bridgehead atoms. The average molecular weight is 1570 g/mol. The quantitative estimate of drug-likeness (QED) is 0.0441. The zero-order chi connectivity index (χ0) is 79.9. The number of hydrogen-bond acceptors (Lipinski definition) is 15. The number of amides is 5. The third-order valence-electron chi connectivity index (χ3n) is 22.3. The second-order valence-corrected chi connectivity index (χ2v) is 32.9. The second kappa shape index (κ2) is 33.2. The van der Waals surface area contributed by atoms with Crippen molar-refractivity contribution in [3.8, 4) is 35.5 Å². The van der Waals surface area contributed by atoms with Gasteiger partial charge in [0, 0.05) is 129 Å². The lowest BCUT2D eigenvalue weighted by atomic mass is 9.74. The number of rotatable bonds is 12. The molecule has 582 valence electrons. The normalized spacial score (nSPS) is 16.0. The summed E-state index contributed by atoms with van der Waals surface area (Å²) < 4.78 is 57.8. The minimum absolute atomic E-state index is 0.00813. The highest BCUT2D eigenvalue weighted by Crippen LogP contribution is 2.52. The van der Waals surface area contributed by atoms with E-state index in [0.29, 0.717) is 108 Å². The molecule has 114 heavy (non-hydrogen) atoms. The summed E-state index contributed by atoms with van der Waals surface area (Å²) in [5.41, 5.74) is 33.5. The minimum atomic E-state index is -4.11. The first-order chi connectivity index (χ1) is 54.9. The molecule has 0 saturated carbocycles. The number of carboxylic acid groups (broad SMARTS) is 1. The maximum absolute atomic E-state index is 13.8. The number of nitrogens with two attached hydrogens (primary N) is 4. The summed E-state index contributed by atoms with van der Waals surface area (Å²) in [6, 6.07) is 61.2. The van der Waals surface area contributed by atoms with Crippen molar-refractivity contribution < 1.29 is 65.1 Å². The molecule has 16 rings (SSSR count). The van der Waals surface area contributed by atoms with Crippen LogP contribution in [-0.4, -0.2) is 139 Å². The standard InChI is InChI=1S/C33H29N3O6S.C28H30N3O5P.C27H26N4O3/c34-21-24-7-14-29-28(20-24)33(22-36(29)43(40,41)27-12-8-25(9-13-27)32(38)39)16-18-35(19-17-33)31(37)30-15-11-26(42-30)10-6-23-4-2-1-3-5-23;29-19-22-7-10-25-24(18-22)28(20-31(25)16-17-37(33,34)35)12-14-30(15-13-28)27(32)26-11-9-23(36-26)8-6-21-4-2-1-3-5-21;28-17-20-7-10-23-22(16-20)27(18-31(23)26(29)33)12-14-30(15-13-27)25(32)24-11-9-21(34-24)8-6-19-4-2-1-3-5-19/h1-5,7-9,11-15,20H,16-19,21-22,34H2,(H,38,39);1-5,7,9-11,18H,12-17,19-20,29H2,(H2,33,34,35);1-5,7,9-11,16H,12-15,17-18,28H2,(H2,29,33). The van der Waals surface area contributed by atoms with Gasteiger partial charge in [-0.05, 0) is 205 Å². The Morgan fingerprint density at radius 1 is 0.439 bits per heavy atom. The number of anilines is 3. The molecule has 6 aliphatic heterocycles. The molecule has 11 N–H and O–H groups in total. The molecule has 0 radical (unpaired) electrons. The van der Waals surface area contributed by atoms with E-state index in [1.165, 1.54) is 28.6 Å². The highest BCUT2D eigenvalue weighted by atomic mass is 32.2. The molecule has 3 aromatic heterocycles. The lowest BCUT2D eigenvalue weighted by Crippen LogP contribution is -2.48. The molecule has 7 aromatic carbocycles. The third-order valence-corrected chi connectivity index (χ3v) is 24.9. The Hall–Kier alpha value is -12.2. The van der Waals surface area contributed by atoms with Crippen LogP contribution in [0.3, 0.4) is 0 Å². The van der Waals surface area contributed by atoms with Crippen LogP contribution in [0.15, 0.2) is 224 Å². The van der Waals surface area contributed by atoms with Gasteiger partial charge in [-0.15, -0.1) is 0 Å². The van der Waals surface area contributed by atoms with Crippen LogP contribution in [0.4, 0.5) is 21.9 Å². The molecular weight excluding hydrogens is 1480 g/mol. The number of piperidine rings is 3. The molecule has 3 fully saturated rings. The van der Waals surface area contributed by atoms with E-state index in [9.17, 15) is 51.8 Å². The van der Waals surface area contributed by atoms with Gasteiger partial charge in [0.2, 0.25) is 0 Å². The number of benzene rings is 7. The van der Waals surface area contributed by atoms with Gasteiger partial charge >= 0.3 is 19.6 Å². The molecule has 0 unspecified atom stereocenters. The Morgan fingerprint density at radius 3 is 1.18 bits per heavy atom. The van der Waals surface area contributed by atoms with E-state index in [0.717, 1.165) is 87.1 Å². The van der Waals surface area contributed by atoms with Crippen LogP contribution in [0.25, 0.3) is 0 Å². The number of primary amides is 1. The average Bonchev–Trinajstić information content (AvgIpc) is 1.58. The summed E-state index contributed by atoms with van der Waals surface area (Å²) in [6.45, 7) is 5.90. The summed E-state index contributed by atoms with van der Waals surface area (Å²) in [6.07, 6.45) is 3.84. The maximum atomic E-state index is 13.8. The molecule has 26 heteroatoms. The number of likely N-dealkylation sites (tertiary alicyclic amines) is 3. The Kier molecular flexibility index (Phi) is 22.9. The van der Waals surface area contributed by atoms with Gasteiger partial charge < -0.3 is 70.7 Å². The Labute approximate surface area is 660 Å². The number of nitrogens with zero attached hydrogens (tertiary/aromatic N) is 6. The molecule has 9 heterocycles. The van der Waals surface area contributed by atoms with Crippen LogP contribution in [0.2, 0.25) is 0 Å². The van der Waals surface area contributed by atoms with E-state index in [1.54, 1.807) is 57.2 Å². The predicted octanol–water partition coefficient (Wildman–Crippen LogP) is 10.7. The highest BCUT2D eigenvalue weighted by Gasteiger charge is 2.51. The van der Waals surface area contributed by atoms with Gasteiger partial charge in [-0.2, -0.15) is 0 Å². The Balaban J connectivity index is 0.000000143. The summed E-state index contributed by atoms with van der Waals surface area (Å²) in [7, 11) is -8.09. The SMILES string of the molecule is NCc1ccc2c(c1)C1(CCN(C(=O)c3ccc(C#Cc4ccccc4)o3)CC1)CN2C(N)=O.NCc1ccc2c(c1)C1(CCN(C(=O)c3ccc(C#Cc4ccccc4)o3)CC1)CN2CCP(=O)(O)O.NCc1ccc2c(c1)C1(CCN(C(=O)c3ccc(C#Cc4ccccc4)o3)CC1)CN2S(=O)(=O)c1ccc(C(=O)O)cc1. The van der Waals surface area contributed by atoms with Crippen molar-refractivity contribution in [2.24, 2.45) is 22.9 Å². The number of aromatic carboxylic acids is 1. The van der Waals surface area contributed by atoms with Crippen molar-refractivity contribution in [2.75, 3.05) is 85.7 Å². The second-order valence-electron chi connectivity index (χ2n) is 29.3. The zero-order valence-electron chi connectivity index (χ0n) is 62.5. The molecule has 0 aliphatic carbocycles. The monoisotopic (exact) mass is 1570 g/mol. The van der Waals surface area contributed by atoms with E-state index in [1.807, 2.05) is 132 Å². The van der Waals surface area contributed by atoms with Crippen molar-refractivity contribution in [3.63, 3.8) is 0 Å². The van der Waals surface area contributed by atoms with Crippen molar-refractivity contribution in [2.45, 2.75) is 79.3 Å². The number of furan rings is 3. The fourth-order valence-corrected chi connectivity index (χ4v) is 18.1. The number of fused-ring (bicyclic) bond motifs is 6. The van der Waals surface area contributed by atoms with Crippen molar-refractivity contribution in [1.29, 1.82) is 0 Å². The van der Waals surface area contributed by atoms with Crippen molar-refractivity contribution in [1.82, 2.24) is 14.7 Å². The summed E-state index contributed by atoms with van der Waals surface area (Å²) >= 11 is 0. The van der Waals surface area contributed by atoms with Crippen molar-refractivity contribution in [3.05, 3.63) is 296 Å². The van der Waals surface area contributed by atoms with Crippen LogP contribution in [0.1, 0.15) is 148 Å². The Morgan fingerprint density at radius 2 is 0.798 bits per heavy atom. The predicted molar refractivity (Wildman–Crippen MR) is 431 cm³/mol. The fourth-order valence-electron chi connectivity index (χ4n) is 16.0. The highest BCUT2D eigenvalue weighted by molar-refractivity contribution is 7.92. The first kappa shape index (κ1) is 78.5. The first-order valence-electron chi connectivity index (χ1n) is 37.6. The number of hydrogen-bond donors (Lipinski definition) is 7. The molecule has 6 aliphatic rings. The number of carbonyl (C=O) groups is 5. The first-order valence-corrected chi connectivity index (χ1v) is 40.8. The number of carboxylic acids is 1. The molecule has 0 atom stereocenters. The molecular formula is C88H85N10O14PS. The van der Waals surface area contributed by atoms with Crippen LogP contribution in [-0.2, 0) is 50.5 Å². The third kappa shape index (κ3) is 16.9. The van der Waals surface area contributed by atoms with E-state index in [2.05, 4.69) is 52.6 Å². The van der Waals surface area contributed by atoms with Gasteiger partial charge in [-0.3, -0.25) is 28.2 Å². The number of urea groups is 1. The minimum Gasteiger partial charge on any atom is -0.478 e. The van der Waals surface area contributed by atoms with Crippen LogP contribution < -0.4 is 37.0 Å². The van der Waals surface area contributed by atoms with Gasteiger partial charge in [-0.1, -0.05) is 109 Å². The van der Waals surface area contributed by atoms with Crippen molar-refractivity contribution >= 4 is 64.4 Å². The van der Waals surface area contributed by atoms with Gasteiger partial charge in [0.15, 0.2) is 34.6 Å². The summed E-state index contributed by atoms with van der Waals surface area (Å²) in [5, 5.41) is 9.23. The molecule has 3 spiro atoms. The largest absolute Gasteiger partial charge is 0.478 e. The summed E-state index contributed by atoms with van der Waals surface area (Å²) in [4.78, 5) is 90.9. The Bertz CT molecular complexity index is 5650. The lowest BCUT2D eigenvalue weighted by molar-refractivity contribution is 0.0635. The number of carbonyl (C=O) groups excluding carboxylic acids is 4. The smallest absolute Gasteiger partial charge is 0.335 e. The van der Waals surface area contributed by atoms with Gasteiger partial charge in [0.1, 0.15) is 0 Å². The van der Waals surface area contributed by atoms with Gasteiger partial charge in [0.05, 0.1) is 22.3 Å². The lowest BCUT2D eigenvalue weighted by Gasteiger charge is -2.40. The van der Waals surface area contributed by atoms with E-state index >= 15 is 0 Å². The fraction of sp³-hybridized carbons (Fsp3) is 0.261. The molecule has 24 nitrogen and oxygen atoms in total. The van der Waals surface area contributed by atoms with Crippen LogP contribution in [0, 0.1) is 35.5 Å². The summed E-state index contributed by atoms with van der Waals surface area (Å²) in [5.74, 6) is 18.4. The van der Waals surface area contributed by atoms with E-state index in [4.69, 9.17) is 36.2 Å². The molecule has 3 saturated heterocycles.